The maximum absolute atomic E-state index is 13.8. The summed E-state index contributed by atoms with van der Waals surface area (Å²) in [7, 11) is 0. The molecule has 1 amide bonds. The zero-order valence-corrected chi connectivity index (χ0v) is 23.5. The van der Waals surface area contributed by atoms with E-state index in [1.54, 1.807) is 0 Å². The van der Waals surface area contributed by atoms with Crippen LogP contribution in [-0.2, 0) is 11.3 Å². The summed E-state index contributed by atoms with van der Waals surface area (Å²) in [6, 6.07) is 40.1. The summed E-state index contributed by atoms with van der Waals surface area (Å²) in [6.45, 7) is 5.06. The normalized spacial score (nSPS) is 15.0. The fourth-order valence-corrected chi connectivity index (χ4v) is 5.94. The van der Waals surface area contributed by atoms with Gasteiger partial charge in [-0.25, -0.2) is 0 Å². The van der Waals surface area contributed by atoms with Crippen molar-refractivity contribution >= 4 is 22.9 Å². The Morgan fingerprint density at radius 3 is 2.10 bits per heavy atom. The van der Waals surface area contributed by atoms with Crippen LogP contribution < -0.4 is 0 Å². The molecule has 1 aliphatic heterocycles. The van der Waals surface area contributed by atoms with Crippen LogP contribution in [0.2, 0.25) is 0 Å². The van der Waals surface area contributed by atoms with Gasteiger partial charge in [0, 0.05) is 68.7 Å². The van der Waals surface area contributed by atoms with E-state index in [2.05, 4.69) is 136 Å². The summed E-state index contributed by atoms with van der Waals surface area (Å²) in [6.07, 6.45) is 7.15. The number of carbonyl (C=O) groups is 1. The molecule has 1 aromatic heterocycles. The molecule has 4 nitrogen and oxygen atoms in total. The first-order chi connectivity index (χ1) is 20.2. The number of carbonyl (C=O) groups excluding carboxylic acids is 1. The SMILES string of the molecule is O=C(CC(c1ccccc1)c1cn(Cc2ccccc2)c2ccccc12)N1CCN(C/C=C/c2ccccc2)CC1. The fraction of sp³-hybridized carbons (Fsp3) is 0.216. The molecule has 1 atom stereocenters. The van der Waals surface area contributed by atoms with Crippen LogP contribution in [0.5, 0.6) is 0 Å². The lowest BCUT2D eigenvalue weighted by Crippen LogP contribution is -2.48. The number of para-hydroxylation sites is 1. The maximum atomic E-state index is 13.8. The van der Waals surface area contributed by atoms with E-state index in [0.29, 0.717) is 6.42 Å². The fourth-order valence-electron chi connectivity index (χ4n) is 5.94. The van der Waals surface area contributed by atoms with Gasteiger partial charge in [0.25, 0.3) is 0 Å². The molecule has 1 unspecified atom stereocenters. The van der Waals surface area contributed by atoms with E-state index in [0.717, 1.165) is 39.3 Å². The highest BCUT2D eigenvalue weighted by Gasteiger charge is 2.27. The Balaban J connectivity index is 1.18. The van der Waals surface area contributed by atoms with Gasteiger partial charge in [0.05, 0.1) is 0 Å². The molecule has 206 valence electrons. The van der Waals surface area contributed by atoms with E-state index in [1.807, 2.05) is 12.1 Å². The highest BCUT2D eigenvalue weighted by atomic mass is 16.2. The Labute approximate surface area is 243 Å². The van der Waals surface area contributed by atoms with E-state index in [4.69, 9.17) is 0 Å². The van der Waals surface area contributed by atoms with E-state index < -0.39 is 0 Å². The minimum atomic E-state index is -0.00235. The molecular weight excluding hydrogens is 502 g/mol. The number of aromatic nitrogens is 1. The highest BCUT2D eigenvalue weighted by molar-refractivity contribution is 5.87. The molecule has 0 bridgehead atoms. The van der Waals surface area contributed by atoms with Crippen molar-refractivity contribution in [3.63, 3.8) is 0 Å². The Hall–Kier alpha value is -4.41. The molecule has 4 aromatic carbocycles. The van der Waals surface area contributed by atoms with Gasteiger partial charge in [-0.15, -0.1) is 0 Å². The van der Waals surface area contributed by atoms with Gasteiger partial charge in [0.1, 0.15) is 0 Å². The quantitative estimate of drug-likeness (QED) is 0.200. The molecule has 1 aliphatic rings. The number of fused-ring (bicyclic) bond motifs is 1. The molecule has 0 spiro atoms. The Kier molecular flexibility index (Phi) is 8.39. The number of benzene rings is 4. The third kappa shape index (κ3) is 6.50. The molecule has 2 heterocycles. The molecule has 1 fully saturated rings. The predicted molar refractivity (Wildman–Crippen MR) is 169 cm³/mol. The van der Waals surface area contributed by atoms with E-state index in [1.165, 1.54) is 33.2 Å². The van der Waals surface area contributed by atoms with Crippen LogP contribution in [0.25, 0.3) is 17.0 Å². The van der Waals surface area contributed by atoms with Crippen molar-refractivity contribution < 1.29 is 4.79 Å². The van der Waals surface area contributed by atoms with Gasteiger partial charge in [-0.05, 0) is 28.3 Å². The first kappa shape index (κ1) is 26.8. The van der Waals surface area contributed by atoms with Crippen LogP contribution >= 0.6 is 0 Å². The first-order valence-corrected chi connectivity index (χ1v) is 14.6. The van der Waals surface area contributed by atoms with Gasteiger partial charge >= 0.3 is 0 Å². The molecular formula is C37H37N3O. The van der Waals surface area contributed by atoms with Crippen molar-refractivity contribution in [1.29, 1.82) is 0 Å². The van der Waals surface area contributed by atoms with Crippen LogP contribution in [0.3, 0.4) is 0 Å². The standard InChI is InChI=1S/C37H37N3O/c41-37(39-25-23-38(24-26-39)22-12-17-30-13-4-1-5-14-30)27-34(32-18-8-3-9-19-32)35-29-40(28-31-15-6-2-7-16-31)36-21-11-10-20-33(35)36/h1-21,29,34H,22-28H2/b17-12+. The smallest absolute Gasteiger partial charge is 0.223 e. The monoisotopic (exact) mass is 539 g/mol. The van der Waals surface area contributed by atoms with Gasteiger partial charge in [-0.2, -0.15) is 0 Å². The molecule has 5 aromatic rings. The number of rotatable bonds is 9. The number of piperazine rings is 1. The summed E-state index contributed by atoms with van der Waals surface area (Å²) in [5, 5.41) is 1.22. The number of nitrogens with zero attached hydrogens (tertiary/aromatic N) is 3. The summed E-state index contributed by atoms with van der Waals surface area (Å²) >= 11 is 0. The van der Waals surface area contributed by atoms with Gasteiger partial charge in [-0.3, -0.25) is 9.69 Å². The van der Waals surface area contributed by atoms with Crippen LogP contribution in [0.15, 0.2) is 128 Å². The van der Waals surface area contributed by atoms with Gasteiger partial charge in [-0.1, -0.05) is 121 Å². The first-order valence-electron chi connectivity index (χ1n) is 14.6. The van der Waals surface area contributed by atoms with E-state index in [-0.39, 0.29) is 11.8 Å². The lowest BCUT2D eigenvalue weighted by Gasteiger charge is -2.35. The summed E-state index contributed by atoms with van der Waals surface area (Å²) in [5.74, 6) is 0.232. The second-order valence-corrected chi connectivity index (χ2v) is 10.9. The second kappa shape index (κ2) is 12.8. The Morgan fingerprint density at radius 1 is 0.732 bits per heavy atom. The van der Waals surface area contributed by atoms with Crippen LogP contribution in [-0.4, -0.2) is 53.0 Å². The zero-order chi connectivity index (χ0) is 27.9. The van der Waals surface area contributed by atoms with Crippen LogP contribution in [0.4, 0.5) is 0 Å². The average molecular weight is 540 g/mol. The van der Waals surface area contributed by atoms with E-state index in [9.17, 15) is 4.79 Å². The van der Waals surface area contributed by atoms with Gasteiger partial charge in [0.2, 0.25) is 5.91 Å². The lowest BCUT2D eigenvalue weighted by atomic mass is 9.87. The molecule has 41 heavy (non-hydrogen) atoms. The second-order valence-electron chi connectivity index (χ2n) is 10.9. The molecule has 1 saturated heterocycles. The summed E-state index contributed by atoms with van der Waals surface area (Å²) < 4.78 is 2.34. The predicted octanol–water partition coefficient (Wildman–Crippen LogP) is 7.07. The van der Waals surface area contributed by atoms with Crippen molar-refractivity contribution in [3.8, 4) is 0 Å². The van der Waals surface area contributed by atoms with Crippen LogP contribution in [0, 0.1) is 0 Å². The molecule has 4 heteroatoms. The third-order valence-corrected chi connectivity index (χ3v) is 8.17. The Bertz CT molecular complexity index is 1580. The van der Waals surface area contributed by atoms with Crippen molar-refractivity contribution in [2.24, 2.45) is 0 Å². The van der Waals surface area contributed by atoms with Crippen molar-refractivity contribution in [2.45, 2.75) is 18.9 Å². The van der Waals surface area contributed by atoms with E-state index >= 15 is 0 Å². The topological polar surface area (TPSA) is 28.5 Å². The van der Waals surface area contributed by atoms with Gasteiger partial charge in [0.15, 0.2) is 0 Å². The minimum Gasteiger partial charge on any atom is -0.343 e. The largest absolute Gasteiger partial charge is 0.343 e. The van der Waals surface area contributed by atoms with Crippen molar-refractivity contribution in [2.75, 3.05) is 32.7 Å². The minimum absolute atomic E-state index is 0.00235. The lowest BCUT2D eigenvalue weighted by molar-refractivity contribution is -0.133. The zero-order valence-electron chi connectivity index (χ0n) is 23.5. The molecule has 0 saturated carbocycles. The van der Waals surface area contributed by atoms with Crippen LogP contribution in [0.1, 0.15) is 34.6 Å². The number of hydrogen-bond acceptors (Lipinski definition) is 2. The molecule has 6 rings (SSSR count). The number of hydrogen-bond donors (Lipinski definition) is 0. The molecule has 0 radical (unpaired) electrons. The number of amides is 1. The van der Waals surface area contributed by atoms with Crippen molar-refractivity contribution in [1.82, 2.24) is 14.4 Å². The van der Waals surface area contributed by atoms with Crippen molar-refractivity contribution in [3.05, 3.63) is 150 Å². The summed E-state index contributed by atoms with van der Waals surface area (Å²) in [4.78, 5) is 18.3. The maximum Gasteiger partial charge on any atom is 0.223 e. The molecule has 0 N–H and O–H groups in total. The average Bonchev–Trinajstić information content (AvgIpc) is 3.39. The van der Waals surface area contributed by atoms with Gasteiger partial charge < -0.3 is 9.47 Å². The third-order valence-electron chi connectivity index (χ3n) is 8.17. The molecule has 0 aliphatic carbocycles. The summed E-state index contributed by atoms with van der Waals surface area (Å²) in [5.41, 5.74) is 6.10. The Morgan fingerprint density at radius 2 is 1.37 bits per heavy atom. The highest BCUT2D eigenvalue weighted by Crippen LogP contribution is 2.35.